The lowest BCUT2D eigenvalue weighted by atomic mass is 10.1. The largest absolute Gasteiger partial charge is 0.294 e. The highest BCUT2D eigenvalue weighted by atomic mass is 35.5. The first-order valence-corrected chi connectivity index (χ1v) is 6.73. The molecular formula is C14H12ClN5O. The molecular weight excluding hydrogens is 290 g/mol. The lowest BCUT2D eigenvalue weighted by molar-refractivity contribution is 0.101. The summed E-state index contributed by atoms with van der Waals surface area (Å²) in [6, 6.07) is 0. The summed E-state index contributed by atoms with van der Waals surface area (Å²) in [4.78, 5) is 24.1. The van der Waals surface area contributed by atoms with E-state index >= 15 is 0 Å². The van der Waals surface area contributed by atoms with Gasteiger partial charge in [0.1, 0.15) is 0 Å². The molecule has 0 radical (unpaired) electrons. The van der Waals surface area contributed by atoms with Gasteiger partial charge in [-0.15, -0.1) is 0 Å². The summed E-state index contributed by atoms with van der Waals surface area (Å²) >= 11 is 6.32. The fraction of sp³-hybridized carbons (Fsp3) is 0.214. The molecule has 0 bridgehead atoms. The van der Waals surface area contributed by atoms with Gasteiger partial charge in [0.05, 0.1) is 40.1 Å². The molecule has 0 amide bonds. The van der Waals surface area contributed by atoms with Crippen LogP contribution < -0.4 is 0 Å². The summed E-state index contributed by atoms with van der Waals surface area (Å²) in [7, 11) is 0. The Morgan fingerprint density at radius 1 is 1.29 bits per heavy atom. The van der Waals surface area contributed by atoms with E-state index < -0.39 is 0 Å². The molecule has 0 aliphatic carbocycles. The first-order chi connectivity index (χ1) is 10.1. The molecule has 3 heterocycles. The first-order valence-electron chi connectivity index (χ1n) is 6.35. The molecule has 0 aromatic carbocycles. The standard InChI is InChI=1S/C14H12ClN5O/c1-8-12-13(15)11(9(2)21)6-18-14(12)20(19-8)7-10-5-16-3-4-17-10/h3-6H,7H2,1-2H3. The number of rotatable bonds is 3. The van der Waals surface area contributed by atoms with E-state index in [-0.39, 0.29) is 5.78 Å². The van der Waals surface area contributed by atoms with Crippen LogP contribution in [0.2, 0.25) is 5.02 Å². The Morgan fingerprint density at radius 3 is 2.76 bits per heavy atom. The second-order valence-electron chi connectivity index (χ2n) is 4.68. The number of carbonyl (C=O) groups excluding carboxylic acids is 1. The van der Waals surface area contributed by atoms with Crippen LogP contribution in [-0.2, 0) is 6.54 Å². The number of hydrogen-bond acceptors (Lipinski definition) is 5. The van der Waals surface area contributed by atoms with Gasteiger partial charge in [-0.2, -0.15) is 5.10 Å². The summed E-state index contributed by atoms with van der Waals surface area (Å²) in [5.74, 6) is -0.115. The molecule has 0 saturated heterocycles. The van der Waals surface area contributed by atoms with E-state index in [4.69, 9.17) is 11.6 Å². The van der Waals surface area contributed by atoms with Crippen LogP contribution in [0, 0.1) is 6.92 Å². The van der Waals surface area contributed by atoms with Crippen molar-refractivity contribution in [3.8, 4) is 0 Å². The van der Waals surface area contributed by atoms with Gasteiger partial charge in [-0.3, -0.25) is 14.8 Å². The van der Waals surface area contributed by atoms with Gasteiger partial charge in [-0.05, 0) is 13.8 Å². The van der Waals surface area contributed by atoms with Gasteiger partial charge in [0.25, 0.3) is 0 Å². The minimum Gasteiger partial charge on any atom is -0.294 e. The fourth-order valence-corrected chi connectivity index (χ4v) is 2.60. The Kier molecular flexibility index (Phi) is 3.39. The van der Waals surface area contributed by atoms with Gasteiger partial charge in [0, 0.05) is 18.6 Å². The lowest BCUT2D eigenvalue weighted by Gasteiger charge is -2.04. The zero-order valence-electron chi connectivity index (χ0n) is 11.5. The number of aryl methyl sites for hydroxylation is 1. The van der Waals surface area contributed by atoms with E-state index in [2.05, 4.69) is 20.1 Å². The number of pyridine rings is 1. The predicted octanol–water partition coefficient (Wildman–Crippen LogP) is 2.43. The Hall–Kier alpha value is -2.34. The van der Waals surface area contributed by atoms with Gasteiger partial charge < -0.3 is 0 Å². The van der Waals surface area contributed by atoms with Crippen molar-refractivity contribution in [2.45, 2.75) is 20.4 Å². The highest BCUT2D eigenvalue weighted by molar-refractivity contribution is 6.38. The maximum Gasteiger partial charge on any atom is 0.162 e. The maximum absolute atomic E-state index is 11.5. The maximum atomic E-state index is 11.5. The molecule has 0 N–H and O–H groups in total. The minimum absolute atomic E-state index is 0.115. The van der Waals surface area contributed by atoms with Gasteiger partial charge in [0.2, 0.25) is 0 Å². The summed E-state index contributed by atoms with van der Waals surface area (Å²) in [5.41, 5.74) is 2.55. The number of carbonyl (C=O) groups is 1. The van der Waals surface area contributed by atoms with Crippen molar-refractivity contribution < 1.29 is 4.79 Å². The summed E-state index contributed by atoms with van der Waals surface area (Å²) in [5, 5.41) is 5.54. The van der Waals surface area contributed by atoms with Crippen molar-refractivity contribution >= 4 is 28.4 Å². The average Bonchev–Trinajstić information content (AvgIpc) is 2.77. The molecule has 0 aliphatic rings. The normalized spacial score (nSPS) is 11.0. The molecule has 0 unspecified atom stereocenters. The second kappa shape index (κ2) is 5.21. The molecule has 0 spiro atoms. The van der Waals surface area contributed by atoms with Crippen molar-refractivity contribution in [2.75, 3.05) is 0 Å². The average molecular weight is 302 g/mol. The van der Waals surface area contributed by atoms with Crippen LogP contribution in [0.4, 0.5) is 0 Å². The zero-order chi connectivity index (χ0) is 15.0. The zero-order valence-corrected chi connectivity index (χ0v) is 12.3. The van der Waals surface area contributed by atoms with E-state index in [1.807, 2.05) is 6.92 Å². The van der Waals surface area contributed by atoms with Crippen molar-refractivity contribution in [1.29, 1.82) is 0 Å². The molecule has 0 saturated carbocycles. The molecule has 6 nitrogen and oxygen atoms in total. The Labute approximate surface area is 125 Å². The van der Waals surface area contributed by atoms with Gasteiger partial charge in [0.15, 0.2) is 11.4 Å². The number of halogens is 1. The molecule has 3 aromatic heterocycles. The van der Waals surface area contributed by atoms with Crippen molar-refractivity contribution in [2.24, 2.45) is 0 Å². The minimum atomic E-state index is -0.115. The number of hydrogen-bond donors (Lipinski definition) is 0. The van der Waals surface area contributed by atoms with Gasteiger partial charge in [-0.1, -0.05) is 11.6 Å². The van der Waals surface area contributed by atoms with E-state index in [0.29, 0.717) is 28.2 Å². The van der Waals surface area contributed by atoms with Crippen molar-refractivity contribution in [3.63, 3.8) is 0 Å². The van der Waals surface area contributed by atoms with E-state index in [1.165, 1.54) is 13.1 Å². The number of Topliss-reactive ketones (excluding diaryl/α,β-unsaturated/α-hetero) is 1. The van der Waals surface area contributed by atoms with Crippen LogP contribution in [-0.4, -0.2) is 30.5 Å². The summed E-state index contributed by atoms with van der Waals surface area (Å²) in [6.07, 6.45) is 6.40. The molecule has 106 valence electrons. The van der Waals surface area contributed by atoms with Crippen LogP contribution in [0.25, 0.3) is 11.0 Å². The lowest BCUT2D eigenvalue weighted by Crippen LogP contribution is -2.05. The van der Waals surface area contributed by atoms with Crippen molar-refractivity contribution in [1.82, 2.24) is 24.7 Å². The van der Waals surface area contributed by atoms with Crippen LogP contribution in [0.3, 0.4) is 0 Å². The quantitative estimate of drug-likeness (QED) is 0.695. The summed E-state index contributed by atoms with van der Waals surface area (Å²) in [6.45, 7) is 3.75. The Morgan fingerprint density at radius 2 is 2.10 bits per heavy atom. The number of ketones is 1. The highest BCUT2D eigenvalue weighted by Crippen LogP contribution is 2.28. The number of fused-ring (bicyclic) bond motifs is 1. The SMILES string of the molecule is CC(=O)c1cnc2c(c(C)nn2Cc2cnccn2)c1Cl. The second-order valence-corrected chi connectivity index (χ2v) is 5.06. The van der Waals surface area contributed by atoms with Crippen LogP contribution >= 0.6 is 11.6 Å². The number of nitrogens with zero attached hydrogens (tertiary/aromatic N) is 5. The van der Waals surface area contributed by atoms with E-state index in [9.17, 15) is 4.79 Å². The summed E-state index contributed by atoms with van der Waals surface area (Å²) < 4.78 is 1.71. The van der Waals surface area contributed by atoms with Gasteiger partial charge >= 0.3 is 0 Å². The van der Waals surface area contributed by atoms with Crippen LogP contribution in [0.5, 0.6) is 0 Å². The molecule has 0 fully saturated rings. The monoisotopic (exact) mass is 301 g/mol. The van der Waals surface area contributed by atoms with Crippen LogP contribution in [0.1, 0.15) is 28.7 Å². The Bertz CT molecular complexity index is 828. The molecule has 0 aliphatic heterocycles. The molecule has 0 atom stereocenters. The smallest absolute Gasteiger partial charge is 0.162 e. The van der Waals surface area contributed by atoms with Crippen LogP contribution in [0.15, 0.2) is 24.8 Å². The van der Waals surface area contributed by atoms with E-state index in [0.717, 1.165) is 11.4 Å². The Balaban J connectivity index is 2.14. The number of aromatic nitrogens is 5. The van der Waals surface area contributed by atoms with Crippen molar-refractivity contribution in [3.05, 3.63) is 46.8 Å². The highest BCUT2D eigenvalue weighted by Gasteiger charge is 2.17. The third kappa shape index (κ3) is 2.38. The van der Waals surface area contributed by atoms with Gasteiger partial charge in [-0.25, -0.2) is 9.67 Å². The topological polar surface area (TPSA) is 73.6 Å². The molecule has 3 rings (SSSR count). The first kappa shape index (κ1) is 13.6. The predicted molar refractivity (Wildman–Crippen MR) is 78.4 cm³/mol. The van der Waals surface area contributed by atoms with E-state index in [1.54, 1.807) is 23.3 Å². The molecule has 3 aromatic rings. The third-order valence-electron chi connectivity index (χ3n) is 3.18. The molecule has 7 heteroatoms. The molecule has 21 heavy (non-hydrogen) atoms. The fourth-order valence-electron chi connectivity index (χ4n) is 2.20. The third-order valence-corrected chi connectivity index (χ3v) is 3.57.